The highest BCUT2D eigenvalue weighted by Gasteiger charge is 2.25. The van der Waals surface area contributed by atoms with Crippen molar-refractivity contribution in [3.63, 3.8) is 0 Å². The molecule has 0 aliphatic rings. The Hall–Kier alpha value is -1.13. The molecule has 4 heteroatoms. The predicted molar refractivity (Wildman–Crippen MR) is 82.4 cm³/mol. The number of pyridine rings is 1. The van der Waals surface area contributed by atoms with Crippen molar-refractivity contribution in [3.8, 4) is 5.75 Å². The normalized spacial score (nSPS) is 14.4. The fourth-order valence-corrected chi connectivity index (χ4v) is 2.77. The van der Waals surface area contributed by atoms with E-state index in [0.29, 0.717) is 5.92 Å². The summed E-state index contributed by atoms with van der Waals surface area (Å²) in [5.41, 5.74) is 3.25. The van der Waals surface area contributed by atoms with Gasteiger partial charge in [0.1, 0.15) is 5.75 Å². The van der Waals surface area contributed by atoms with Gasteiger partial charge < -0.3 is 14.8 Å². The molecule has 0 spiro atoms. The number of ether oxygens (including phenoxy) is 2. The molecule has 1 aromatic rings. The van der Waals surface area contributed by atoms with E-state index in [1.165, 1.54) is 0 Å². The number of likely N-dealkylation sites (N-methyl/N-ethyl adjacent to an activating group) is 1. The van der Waals surface area contributed by atoms with E-state index in [1.54, 1.807) is 14.2 Å². The van der Waals surface area contributed by atoms with E-state index >= 15 is 0 Å². The smallest absolute Gasteiger partial charge is 0.128 e. The Labute approximate surface area is 122 Å². The third-order valence-corrected chi connectivity index (χ3v) is 3.86. The van der Waals surface area contributed by atoms with Gasteiger partial charge in [0.2, 0.25) is 0 Å². The summed E-state index contributed by atoms with van der Waals surface area (Å²) in [6.07, 6.45) is 2.87. The lowest BCUT2D eigenvalue weighted by atomic mass is 9.94. The van der Waals surface area contributed by atoms with Crippen molar-refractivity contribution in [1.82, 2.24) is 10.3 Å². The molecule has 114 valence electrons. The molecule has 1 aromatic heterocycles. The standard InChI is InChI=1S/C16H28N2O2/c1-10(2)15(19-6)14(17-5)8-13-12(4)16(20-7)11(3)9-18-13/h9-10,14-15,17H,8H2,1-7H3. The minimum absolute atomic E-state index is 0.161. The molecule has 1 N–H and O–H groups in total. The molecule has 0 radical (unpaired) electrons. The topological polar surface area (TPSA) is 43.4 Å². The van der Waals surface area contributed by atoms with Crippen LogP contribution in [0.3, 0.4) is 0 Å². The molecule has 4 nitrogen and oxygen atoms in total. The first kappa shape index (κ1) is 16.9. The van der Waals surface area contributed by atoms with Gasteiger partial charge in [-0.25, -0.2) is 0 Å². The van der Waals surface area contributed by atoms with E-state index in [1.807, 2.05) is 20.2 Å². The Morgan fingerprint density at radius 1 is 1.25 bits per heavy atom. The van der Waals surface area contributed by atoms with Crippen LogP contribution in [0.4, 0.5) is 0 Å². The summed E-state index contributed by atoms with van der Waals surface area (Å²) in [5, 5.41) is 3.36. The minimum Gasteiger partial charge on any atom is -0.496 e. The zero-order chi connectivity index (χ0) is 15.3. The lowest BCUT2D eigenvalue weighted by Crippen LogP contribution is -2.43. The summed E-state index contributed by atoms with van der Waals surface area (Å²) in [6, 6.07) is 0.235. The van der Waals surface area contributed by atoms with Crippen molar-refractivity contribution in [2.45, 2.75) is 46.3 Å². The Kier molecular flexibility index (Phi) is 6.43. The second kappa shape index (κ2) is 7.60. The number of hydrogen-bond donors (Lipinski definition) is 1. The van der Waals surface area contributed by atoms with Gasteiger partial charge >= 0.3 is 0 Å². The molecule has 0 saturated carbocycles. The number of nitrogens with zero attached hydrogens (tertiary/aromatic N) is 1. The summed E-state index contributed by atoms with van der Waals surface area (Å²) in [4.78, 5) is 4.57. The molecule has 0 saturated heterocycles. The molecule has 0 amide bonds. The molecule has 20 heavy (non-hydrogen) atoms. The van der Waals surface area contributed by atoms with Crippen LogP contribution in [0.1, 0.15) is 30.7 Å². The van der Waals surface area contributed by atoms with Crippen LogP contribution >= 0.6 is 0 Å². The molecule has 2 atom stereocenters. The average molecular weight is 280 g/mol. The van der Waals surface area contributed by atoms with Gasteiger partial charge in [0.05, 0.1) is 13.2 Å². The van der Waals surface area contributed by atoms with Gasteiger partial charge in [-0.15, -0.1) is 0 Å². The van der Waals surface area contributed by atoms with Crippen LogP contribution in [0.2, 0.25) is 0 Å². The second-order valence-electron chi connectivity index (χ2n) is 5.59. The lowest BCUT2D eigenvalue weighted by Gasteiger charge is -2.29. The number of aryl methyl sites for hydroxylation is 1. The fraction of sp³-hybridized carbons (Fsp3) is 0.688. The van der Waals surface area contributed by atoms with Gasteiger partial charge in [-0.3, -0.25) is 4.98 Å². The monoisotopic (exact) mass is 280 g/mol. The van der Waals surface area contributed by atoms with Gasteiger partial charge in [-0.2, -0.15) is 0 Å². The maximum atomic E-state index is 5.64. The highest BCUT2D eigenvalue weighted by molar-refractivity contribution is 5.41. The Morgan fingerprint density at radius 3 is 2.35 bits per heavy atom. The first-order valence-corrected chi connectivity index (χ1v) is 7.15. The minimum atomic E-state index is 0.161. The Balaban J connectivity index is 3.01. The Bertz CT molecular complexity index is 433. The third-order valence-electron chi connectivity index (χ3n) is 3.86. The molecular weight excluding hydrogens is 252 g/mol. The molecule has 0 bridgehead atoms. The first-order valence-electron chi connectivity index (χ1n) is 7.15. The van der Waals surface area contributed by atoms with E-state index in [-0.39, 0.29) is 12.1 Å². The summed E-state index contributed by atoms with van der Waals surface area (Å²) in [5.74, 6) is 1.38. The summed E-state index contributed by atoms with van der Waals surface area (Å²) in [7, 11) is 5.45. The highest BCUT2D eigenvalue weighted by Crippen LogP contribution is 2.25. The van der Waals surface area contributed by atoms with Gasteiger partial charge in [0, 0.05) is 42.6 Å². The van der Waals surface area contributed by atoms with Crippen LogP contribution in [0, 0.1) is 19.8 Å². The van der Waals surface area contributed by atoms with E-state index in [9.17, 15) is 0 Å². The number of hydrogen-bond acceptors (Lipinski definition) is 4. The van der Waals surface area contributed by atoms with E-state index in [2.05, 4.69) is 31.1 Å². The van der Waals surface area contributed by atoms with Crippen LogP contribution < -0.4 is 10.1 Å². The predicted octanol–water partition coefficient (Wildman–Crippen LogP) is 2.51. The van der Waals surface area contributed by atoms with Crippen molar-refractivity contribution in [2.75, 3.05) is 21.3 Å². The molecule has 1 rings (SSSR count). The molecule has 0 fully saturated rings. The summed E-state index contributed by atoms with van der Waals surface area (Å²) >= 11 is 0. The van der Waals surface area contributed by atoms with Gasteiger partial charge in [-0.05, 0) is 26.8 Å². The summed E-state index contributed by atoms with van der Waals surface area (Å²) < 4.78 is 11.1. The quantitative estimate of drug-likeness (QED) is 0.833. The van der Waals surface area contributed by atoms with Crippen molar-refractivity contribution in [2.24, 2.45) is 5.92 Å². The van der Waals surface area contributed by atoms with Crippen molar-refractivity contribution < 1.29 is 9.47 Å². The zero-order valence-corrected chi connectivity index (χ0v) is 13.8. The van der Waals surface area contributed by atoms with Crippen LogP contribution in [0.15, 0.2) is 6.20 Å². The SMILES string of the molecule is CNC(Cc1ncc(C)c(OC)c1C)C(OC)C(C)C. The maximum absolute atomic E-state index is 5.64. The average Bonchev–Trinajstić information content (AvgIpc) is 2.41. The van der Waals surface area contributed by atoms with Gasteiger partial charge in [0.25, 0.3) is 0 Å². The first-order chi connectivity index (χ1) is 9.46. The van der Waals surface area contributed by atoms with Crippen molar-refractivity contribution in [3.05, 3.63) is 23.0 Å². The maximum Gasteiger partial charge on any atom is 0.128 e. The third kappa shape index (κ3) is 3.70. The van der Waals surface area contributed by atoms with Crippen molar-refractivity contribution in [1.29, 1.82) is 0 Å². The number of aromatic nitrogens is 1. The van der Waals surface area contributed by atoms with Crippen LogP contribution in [-0.2, 0) is 11.2 Å². The van der Waals surface area contributed by atoms with E-state index in [4.69, 9.17) is 9.47 Å². The number of methoxy groups -OCH3 is 2. The van der Waals surface area contributed by atoms with Gasteiger partial charge in [-0.1, -0.05) is 13.8 Å². The van der Waals surface area contributed by atoms with Gasteiger partial charge in [0.15, 0.2) is 0 Å². The van der Waals surface area contributed by atoms with E-state index < -0.39 is 0 Å². The highest BCUT2D eigenvalue weighted by atomic mass is 16.5. The second-order valence-corrected chi connectivity index (χ2v) is 5.59. The lowest BCUT2D eigenvalue weighted by molar-refractivity contribution is 0.0351. The summed E-state index contributed by atoms with van der Waals surface area (Å²) in [6.45, 7) is 8.44. The van der Waals surface area contributed by atoms with Crippen LogP contribution in [-0.4, -0.2) is 38.4 Å². The largest absolute Gasteiger partial charge is 0.496 e. The van der Waals surface area contributed by atoms with Crippen molar-refractivity contribution >= 4 is 0 Å². The van der Waals surface area contributed by atoms with Crippen LogP contribution in [0.25, 0.3) is 0 Å². The van der Waals surface area contributed by atoms with E-state index in [0.717, 1.165) is 29.0 Å². The number of rotatable bonds is 7. The molecule has 1 heterocycles. The fourth-order valence-electron chi connectivity index (χ4n) is 2.77. The molecule has 0 aliphatic carbocycles. The Morgan fingerprint density at radius 2 is 1.90 bits per heavy atom. The van der Waals surface area contributed by atoms with Crippen LogP contribution in [0.5, 0.6) is 5.75 Å². The molecule has 0 aromatic carbocycles. The zero-order valence-electron chi connectivity index (χ0n) is 13.8. The molecule has 0 aliphatic heterocycles. The molecule has 2 unspecified atom stereocenters. The molecular formula is C16H28N2O2. The number of nitrogens with one attached hydrogen (secondary N) is 1.